The van der Waals surface area contributed by atoms with Gasteiger partial charge in [-0.2, -0.15) is 0 Å². The summed E-state index contributed by atoms with van der Waals surface area (Å²) in [6, 6.07) is 13.7. The van der Waals surface area contributed by atoms with Gasteiger partial charge in [-0.05, 0) is 42.5 Å². The third-order valence-electron chi connectivity index (χ3n) is 4.42. The number of nitrogens with one attached hydrogen (secondary N) is 1. The number of hydrogen-bond donors (Lipinski definition) is 1. The van der Waals surface area contributed by atoms with E-state index in [4.69, 9.17) is 14.2 Å². The van der Waals surface area contributed by atoms with Crippen molar-refractivity contribution in [3.8, 4) is 17.2 Å². The predicted octanol–water partition coefficient (Wildman–Crippen LogP) is 2.99. The minimum Gasteiger partial charge on any atom is -0.484 e. The zero-order valence-corrected chi connectivity index (χ0v) is 13.3. The van der Waals surface area contributed by atoms with Crippen molar-refractivity contribution in [2.75, 3.05) is 13.4 Å². The summed E-state index contributed by atoms with van der Waals surface area (Å²) >= 11 is 0. The lowest BCUT2D eigenvalue weighted by Gasteiger charge is -2.26. The summed E-state index contributed by atoms with van der Waals surface area (Å²) in [7, 11) is 0. The molecule has 0 spiro atoms. The fraction of sp³-hybridized carbons (Fsp3) is 0.316. The smallest absolute Gasteiger partial charge is 0.258 e. The molecule has 0 radical (unpaired) electrons. The van der Waals surface area contributed by atoms with Crippen molar-refractivity contribution < 1.29 is 19.0 Å². The van der Waals surface area contributed by atoms with Crippen LogP contribution in [0.3, 0.4) is 0 Å². The summed E-state index contributed by atoms with van der Waals surface area (Å²) in [5.41, 5.74) is 2.55. The molecule has 2 aliphatic rings. The van der Waals surface area contributed by atoms with Gasteiger partial charge in [0.2, 0.25) is 6.79 Å². The maximum atomic E-state index is 12.2. The number of fused-ring (bicyclic) bond motifs is 2. The predicted molar refractivity (Wildman–Crippen MR) is 88.3 cm³/mol. The lowest BCUT2D eigenvalue weighted by molar-refractivity contribution is -0.124. The van der Waals surface area contributed by atoms with Gasteiger partial charge in [-0.15, -0.1) is 0 Å². The number of amides is 1. The molecule has 2 aromatic carbocycles. The molecule has 24 heavy (non-hydrogen) atoms. The Labute approximate surface area is 140 Å². The quantitative estimate of drug-likeness (QED) is 0.939. The molecule has 0 bridgehead atoms. The van der Waals surface area contributed by atoms with E-state index in [1.165, 1.54) is 11.1 Å². The molecule has 1 aliphatic carbocycles. The van der Waals surface area contributed by atoms with Crippen LogP contribution < -0.4 is 19.5 Å². The highest BCUT2D eigenvalue weighted by Gasteiger charge is 2.21. The van der Waals surface area contributed by atoms with Crippen LogP contribution in [-0.2, 0) is 11.2 Å². The summed E-state index contributed by atoms with van der Waals surface area (Å²) in [5, 5.41) is 3.08. The first kappa shape index (κ1) is 14.9. The molecule has 5 heteroatoms. The minimum absolute atomic E-state index is 0.0156. The van der Waals surface area contributed by atoms with Gasteiger partial charge in [0.05, 0.1) is 6.04 Å². The van der Waals surface area contributed by atoms with Gasteiger partial charge in [0, 0.05) is 6.07 Å². The van der Waals surface area contributed by atoms with Crippen LogP contribution in [0.25, 0.3) is 0 Å². The van der Waals surface area contributed by atoms with Gasteiger partial charge in [0.15, 0.2) is 18.1 Å². The Balaban J connectivity index is 1.36. The molecule has 5 nitrogen and oxygen atoms in total. The minimum atomic E-state index is -0.116. The largest absolute Gasteiger partial charge is 0.484 e. The molecule has 0 saturated carbocycles. The number of carbonyl (C=O) groups excluding carboxylic acids is 1. The van der Waals surface area contributed by atoms with Gasteiger partial charge in [-0.25, -0.2) is 0 Å². The van der Waals surface area contributed by atoms with Crippen molar-refractivity contribution in [2.45, 2.75) is 25.3 Å². The summed E-state index contributed by atoms with van der Waals surface area (Å²) in [6.45, 7) is 0.207. The van der Waals surface area contributed by atoms with Gasteiger partial charge in [-0.1, -0.05) is 24.3 Å². The Morgan fingerprint density at radius 2 is 2.04 bits per heavy atom. The highest BCUT2D eigenvalue weighted by atomic mass is 16.7. The van der Waals surface area contributed by atoms with Crippen LogP contribution in [0, 0.1) is 0 Å². The lowest BCUT2D eigenvalue weighted by atomic mass is 9.88. The second-order valence-corrected chi connectivity index (χ2v) is 6.01. The molecule has 0 unspecified atom stereocenters. The summed E-state index contributed by atoms with van der Waals surface area (Å²) in [6.07, 6.45) is 3.13. The Morgan fingerprint density at radius 3 is 3.00 bits per heavy atom. The van der Waals surface area contributed by atoms with Crippen LogP contribution in [0.5, 0.6) is 17.2 Å². The van der Waals surface area contributed by atoms with Crippen LogP contribution in [0.4, 0.5) is 0 Å². The number of carbonyl (C=O) groups is 1. The van der Waals surface area contributed by atoms with E-state index in [1.54, 1.807) is 18.2 Å². The van der Waals surface area contributed by atoms with Gasteiger partial charge in [-0.3, -0.25) is 4.79 Å². The van der Waals surface area contributed by atoms with Crippen LogP contribution >= 0.6 is 0 Å². The molecular formula is C19H19NO4. The maximum absolute atomic E-state index is 12.2. The molecule has 0 aromatic heterocycles. The summed E-state index contributed by atoms with van der Waals surface area (Å²) in [4.78, 5) is 12.2. The van der Waals surface area contributed by atoms with Crippen molar-refractivity contribution in [1.29, 1.82) is 0 Å². The van der Waals surface area contributed by atoms with E-state index in [9.17, 15) is 4.79 Å². The van der Waals surface area contributed by atoms with Gasteiger partial charge in [0.25, 0.3) is 5.91 Å². The van der Waals surface area contributed by atoms with E-state index in [-0.39, 0.29) is 25.3 Å². The van der Waals surface area contributed by atoms with Gasteiger partial charge < -0.3 is 19.5 Å². The molecule has 2 aromatic rings. The molecule has 1 heterocycles. The second kappa shape index (κ2) is 6.43. The van der Waals surface area contributed by atoms with Crippen molar-refractivity contribution in [2.24, 2.45) is 0 Å². The highest BCUT2D eigenvalue weighted by molar-refractivity contribution is 5.78. The zero-order chi connectivity index (χ0) is 16.4. The molecule has 4 rings (SSSR count). The fourth-order valence-electron chi connectivity index (χ4n) is 3.26. The molecule has 1 aliphatic heterocycles. The highest BCUT2D eigenvalue weighted by Crippen LogP contribution is 2.35. The zero-order valence-electron chi connectivity index (χ0n) is 13.3. The van der Waals surface area contributed by atoms with Crippen molar-refractivity contribution in [3.63, 3.8) is 0 Å². The van der Waals surface area contributed by atoms with E-state index >= 15 is 0 Å². The molecule has 1 atom stereocenters. The number of hydrogen-bond acceptors (Lipinski definition) is 4. The third kappa shape index (κ3) is 3.02. The summed E-state index contributed by atoms with van der Waals surface area (Å²) in [5.74, 6) is 1.83. The number of benzene rings is 2. The number of ether oxygens (including phenoxy) is 3. The average molecular weight is 325 g/mol. The van der Waals surface area contributed by atoms with Gasteiger partial charge >= 0.3 is 0 Å². The Hall–Kier alpha value is -2.69. The SMILES string of the molecule is O=C(COc1ccc2c(c1)OCO2)N[C@@H]1CCCc2ccccc21. The monoisotopic (exact) mass is 325 g/mol. The van der Waals surface area contributed by atoms with E-state index in [0.29, 0.717) is 17.2 Å². The van der Waals surface area contributed by atoms with Crippen LogP contribution in [0.2, 0.25) is 0 Å². The van der Waals surface area contributed by atoms with Crippen LogP contribution in [0.15, 0.2) is 42.5 Å². The third-order valence-corrected chi connectivity index (χ3v) is 4.42. The average Bonchev–Trinajstić information content (AvgIpc) is 3.08. The second-order valence-electron chi connectivity index (χ2n) is 6.01. The molecule has 124 valence electrons. The van der Waals surface area contributed by atoms with Crippen LogP contribution in [-0.4, -0.2) is 19.3 Å². The molecule has 1 amide bonds. The molecule has 0 saturated heterocycles. The van der Waals surface area contributed by atoms with Gasteiger partial charge in [0.1, 0.15) is 5.75 Å². The molecule has 1 N–H and O–H groups in total. The first-order valence-corrected chi connectivity index (χ1v) is 8.19. The van der Waals surface area contributed by atoms with E-state index in [2.05, 4.69) is 17.4 Å². The van der Waals surface area contributed by atoms with E-state index in [1.807, 2.05) is 12.1 Å². The van der Waals surface area contributed by atoms with Crippen molar-refractivity contribution in [1.82, 2.24) is 5.32 Å². The van der Waals surface area contributed by atoms with Crippen molar-refractivity contribution >= 4 is 5.91 Å². The topological polar surface area (TPSA) is 56.8 Å². The standard InChI is InChI=1S/C19H19NO4/c21-19(11-22-14-8-9-17-18(10-14)24-12-23-17)20-16-7-3-5-13-4-1-2-6-15(13)16/h1-2,4,6,8-10,16H,3,5,7,11-12H2,(H,20,21)/t16-/m1/s1. The maximum Gasteiger partial charge on any atom is 0.258 e. The Kier molecular flexibility index (Phi) is 3.99. The Bertz CT molecular complexity index is 759. The number of rotatable bonds is 4. The van der Waals surface area contributed by atoms with E-state index in [0.717, 1.165) is 19.3 Å². The fourth-order valence-corrected chi connectivity index (χ4v) is 3.26. The van der Waals surface area contributed by atoms with Crippen molar-refractivity contribution in [3.05, 3.63) is 53.6 Å². The first-order valence-electron chi connectivity index (χ1n) is 8.19. The van der Waals surface area contributed by atoms with E-state index < -0.39 is 0 Å². The van der Waals surface area contributed by atoms with Crippen LogP contribution in [0.1, 0.15) is 30.0 Å². The molecular weight excluding hydrogens is 306 g/mol. The molecule has 0 fully saturated rings. The first-order chi connectivity index (χ1) is 11.8. The lowest BCUT2D eigenvalue weighted by Crippen LogP contribution is -2.34. The summed E-state index contributed by atoms with van der Waals surface area (Å²) < 4.78 is 16.1. The Morgan fingerprint density at radius 1 is 1.17 bits per heavy atom. The number of aryl methyl sites for hydroxylation is 1. The normalized spacial score (nSPS) is 17.9.